The predicted molar refractivity (Wildman–Crippen MR) is 111 cm³/mol. The molecule has 0 saturated carbocycles. The quantitative estimate of drug-likeness (QED) is 0.614. The van der Waals surface area contributed by atoms with Crippen molar-refractivity contribution in [1.82, 2.24) is 20.2 Å². The van der Waals surface area contributed by atoms with Gasteiger partial charge in [-0.25, -0.2) is 4.98 Å². The molecule has 2 N–H and O–H groups in total. The maximum Gasteiger partial charge on any atom is 0.251 e. The van der Waals surface area contributed by atoms with Crippen LogP contribution in [0.4, 0.5) is 0 Å². The molecule has 1 heterocycles. The highest BCUT2D eigenvalue weighted by atomic mass is 16.5. The Morgan fingerprint density at radius 1 is 1.10 bits per heavy atom. The highest BCUT2D eigenvalue weighted by Crippen LogP contribution is 2.29. The van der Waals surface area contributed by atoms with Gasteiger partial charge >= 0.3 is 0 Å². The first-order valence-corrected chi connectivity index (χ1v) is 9.30. The second-order valence-electron chi connectivity index (χ2n) is 6.63. The van der Waals surface area contributed by atoms with Crippen molar-refractivity contribution in [1.29, 1.82) is 0 Å². The van der Waals surface area contributed by atoms with Gasteiger partial charge < -0.3 is 19.4 Å². The Morgan fingerprint density at radius 2 is 1.76 bits per heavy atom. The van der Waals surface area contributed by atoms with Crippen molar-refractivity contribution >= 4 is 5.91 Å². The van der Waals surface area contributed by atoms with Gasteiger partial charge in [-0.05, 0) is 35.4 Å². The van der Waals surface area contributed by atoms with E-state index in [2.05, 4.69) is 15.6 Å². The molecule has 152 valence electrons. The Labute approximate surface area is 170 Å². The molecule has 1 atom stereocenters. The molecule has 7 nitrogen and oxygen atoms in total. The van der Waals surface area contributed by atoms with Crippen LogP contribution >= 0.6 is 0 Å². The average Bonchev–Trinajstić information content (AvgIpc) is 3.19. The van der Waals surface area contributed by atoms with Crippen LogP contribution < -0.4 is 20.1 Å². The van der Waals surface area contributed by atoms with Gasteiger partial charge in [-0.3, -0.25) is 10.1 Å². The molecule has 1 unspecified atom stereocenters. The fraction of sp³-hybridized carbons (Fsp3) is 0.273. The summed E-state index contributed by atoms with van der Waals surface area (Å²) >= 11 is 0. The van der Waals surface area contributed by atoms with Gasteiger partial charge in [0.15, 0.2) is 0 Å². The number of hydrogen-bond acceptors (Lipinski definition) is 5. The van der Waals surface area contributed by atoms with Crippen LogP contribution in [0.2, 0.25) is 0 Å². The summed E-state index contributed by atoms with van der Waals surface area (Å²) in [5.41, 5.74) is 2.68. The highest BCUT2D eigenvalue weighted by Gasteiger charge is 2.20. The second kappa shape index (κ2) is 9.25. The molecule has 7 heteroatoms. The Bertz CT molecular complexity index is 944. The van der Waals surface area contributed by atoms with Crippen molar-refractivity contribution in [3.8, 4) is 11.5 Å². The monoisotopic (exact) mass is 394 g/mol. The van der Waals surface area contributed by atoms with Crippen LogP contribution in [0.25, 0.3) is 0 Å². The van der Waals surface area contributed by atoms with Gasteiger partial charge in [0.1, 0.15) is 17.3 Å². The molecular formula is C22H26N4O3. The zero-order valence-corrected chi connectivity index (χ0v) is 17.1. The predicted octanol–water partition coefficient (Wildman–Crippen LogP) is 2.68. The molecule has 0 aliphatic heterocycles. The molecule has 0 radical (unpaired) electrons. The van der Waals surface area contributed by atoms with Gasteiger partial charge in [0.05, 0.1) is 20.3 Å². The number of carbonyl (C=O) groups is 1. The second-order valence-corrected chi connectivity index (χ2v) is 6.63. The SMILES string of the molecule is CNC(=O)c1ccc(CNC(c2cc(OC)cc(OC)c2)c2nccn2C)cc1. The molecular weight excluding hydrogens is 368 g/mol. The molecule has 0 saturated heterocycles. The summed E-state index contributed by atoms with van der Waals surface area (Å²) in [6.07, 6.45) is 3.69. The van der Waals surface area contributed by atoms with E-state index in [0.717, 1.165) is 28.5 Å². The van der Waals surface area contributed by atoms with E-state index in [4.69, 9.17) is 9.47 Å². The van der Waals surface area contributed by atoms with Crippen LogP contribution in [0.15, 0.2) is 54.9 Å². The van der Waals surface area contributed by atoms with E-state index in [9.17, 15) is 4.79 Å². The lowest BCUT2D eigenvalue weighted by atomic mass is 10.0. The number of methoxy groups -OCH3 is 2. The number of carbonyl (C=O) groups excluding carboxylic acids is 1. The van der Waals surface area contributed by atoms with Crippen molar-refractivity contribution in [3.05, 3.63) is 77.4 Å². The normalized spacial score (nSPS) is 11.7. The van der Waals surface area contributed by atoms with Crippen LogP contribution in [0.3, 0.4) is 0 Å². The lowest BCUT2D eigenvalue weighted by Gasteiger charge is -2.21. The number of benzene rings is 2. The van der Waals surface area contributed by atoms with Crippen LogP contribution in [0.5, 0.6) is 11.5 Å². The van der Waals surface area contributed by atoms with Gasteiger partial charge in [0, 0.05) is 44.7 Å². The summed E-state index contributed by atoms with van der Waals surface area (Å²) in [6.45, 7) is 0.602. The number of ether oxygens (including phenoxy) is 2. The molecule has 3 rings (SSSR count). The minimum atomic E-state index is -0.169. The largest absolute Gasteiger partial charge is 0.497 e. The summed E-state index contributed by atoms with van der Waals surface area (Å²) in [5, 5.41) is 6.20. The van der Waals surface area contributed by atoms with Crippen molar-refractivity contribution in [2.75, 3.05) is 21.3 Å². The van der Waals surface area contributed by atoms with Crippen LogP contribution in [0.1, 0.15) is 33.4 Å². The van der Waals surface area contributed by atoms with E-state index in [1.165, 1.54) is 0 Å². The minimum absolute atomic E-state index is 0.0983. The van der Waals surface area contributed by atoms with E-state index in [0.29, 0.717) is 12.1 Å². The molecule has 3 aromatic rings. The number of nitrogens with zero attached hydrogens (tertiary/aromatic N) is 2. The third-order valence-corrected chi connectivity index (χ3v) is 4.78. The van der Waals surface area contributed by atoms with Crippen LogP contribution in [-0.4, -0.2) is 36.7 Å². The maximum atomic E-state index is 11.7. The van der Waals surface area contributed by atoms with Crippen molar-refractivity contribution in [2.24, 2.45) is 7.05 Å². The van der Waals surface area contributed by atoms with Crippen molar-refractivity contribution in [2.45, 2.75) is 12.6 Å². The Kier molecular flexibility index (Phi) is 6.51. The van der Waals surface area contributed by atoms with Gasteiger partial charge in [-0.1, -0.05) is 12.1 Å². The molecule has 1 aromatic heterocycles. The molecule has 0 spiro atoms. The Hall–Kier alpha value is -3.32. The summed E-state index contributed by atoms with van der Waals surface area (Å²) in [4.78, 5) is 16.3. The number of nitrogens with one attached hydrogen (secondary N) is 2. The third-order valence-electron chi connectivity index (χ3n) is 4.78. The lowest BCUT2D eigenvalue weighted by Crippen LogP contribution is -2.25. The van der Waals surface area contributed by atoms with E-state index in [1.54, 1.807) is 27.5 Å². The Morgan fingerprint density at radius 3 is 2.28 bits per heavy atom. The molecule has 1 amide bonds. The summed E-state index contributed by atoms with van der Waals surface area (Å²) in [5.74, 6) is 2.21. The number of hydrogen-bond donors (Lipinski definition) is 2. The fourth-order valence-electron chi connectivity index (χ4n) is 3.15. The number of imidazole rings is 1. The Balaban J connectivity index is 1.88. The first-order valence-electron chi connectivity index (χ1n) is 9.30. The molecule has 29 heavy (non-hydrogen) atoms. The van der Waals surface area contributed by atoms with Crippen LogP contribution in [-0.2, 0) is 13.6 Å². The third kappa shape index (κ3) is 4.75. The molecule has 0 aliphatic rings. The average molecular weight is 394 g/mol. The summed E-state index contributed by atoms with van der Waals surface area (Å²) in [7, 11) is 6.86. The van der Waals surface area contributed by atoms with Gasteiger partial charge in [0.2, 0.25) is 0 Å². The molecule has 0 aliphatic carbocycles. The zero-order chi connectivity index (χ0) is 20.8. The zero-order valence-electron chi connectivity index (χ0n) is 17.1. The van der Waals surface area contributed by atoms with E-state index >= 15 is 0 Å². The summed E-state index contributed by atoms with van der Waals surface area (Å²) < 4.78 is 12.8. The standard InChI is InChI=1S/C22H26N4O3/c1-23-22(27)16-7-5-15(6-8-16)14-25-20(21-24-9-10-26(21)2)17-11-18(28-3)13-19(12-17)29-4/h5-13,20,25H,14H2,1-4H3,(H,23,27). The number of aromatic nitrogens is 2. The van der Waals surface area contributed by atoms with E-state index in [1.807, 2.05) is 60.3 Å². The van der Waals surface area contributed by atoms with Crippen molar-refractivity contribution < 1.29 is 14.3 Å². The first-order chi connectivity index (χ1) is 14.0. The number of rotatable bonds is 8. The minimum Gasteiger partial charge on any atom is -0.497 e. The molecule has 2 aromatic carbocycles. The van der Waals surface area contributed by atoms with Gasteiger partial charge in [0.25, 0.3) is 5.91 Å². The smallest absolute Gasteiger partial charge is 0.251 e. The topological polar surface area (TPSA) is 77.4 Å². The van der Waals surface area contributed by atoms with E-state index < -0.39 is 0 Å². The summed E-state index contributed by atoms with van der Waals surface area (Å²) in [6, 6.07) is 13.2. The molecule has 0 fully saturated rings. The maximum absolute atomic E-state index is 11.7. The van der Waals surface area contributed by atoms with Crippen LogP contribution in [0, 0.1) is 0 Å². The van der Waals surface area contributed by atoms with Crippen molar-refractivity contribution in [3.63, 3.8) is 0 Å². The van der Waals surface area contributed by atoms with E-state index in [-0.39, 0.29) is 11.9 Å². The number of aryl methyl sites for hydroxylation is 1. The van der Waals surface area contributed by atoms with Gasteiger partial charge in [-0.15, -0.1) is 0 Å². The first kappa shape index (κ1) is 20.4. The lowest BCUT2D eigenvalue weighted by molar-refractivity contribution is 0.0963. The number of amides is 1. The van der Waals surface area contributed by atoms with Gasteiger partial charge in [-0.2, -0.15) is 0 Å². The fourth-order valence-corrected chi connectivity index (χ4v) is 3.15. The highest BCUT2D eigenvalue weighted by molar-refractivity contribution is 5.93. The molecule has 0 bridgehead atoms.